The third-order valence-electron chi connectivity index (χ3n) is 2.99. The van der Waals surface area contributed by atoms with Gasteiger partial charge < -0.3 is 9.47 Å². The Bertz CT molecular complexity index is 371. The Hall–Kier alpha value is 0.1000. The molecule has 0 amide bonds. The maximum Gasteiger partial charge on any atom is 0.101 e. The van der Waals surface area contributed by atoms with Crippen LogP contribution in [0.5, 0.6) is 0 Å². The van der Waals surface area contributed by atoms with Gasteiger partial charge in [-0.25, -0.2) is 0 Å². The summed E-state index contributed by atoms with van der Waals surface area (Å²) in [4.78, 5) is 0. The van der Waals surface area contributed by atoms with Gasteiger partial charge in [-0.3, -0.25) is 0 Å². The van der Waals surface area contributed by atoms with Crippen molar-refractivity contribution in [1.82, 2.24) is 0 Å². The van der Waals surface area contributed by atoms with E-state index in [1.165, 1.54) is 0 Å². The number of benzene rings is 1. The minimum Gasteiger partial charge on any atom is -0.379 e. The highest BCUT2D eigenvalue weighted by Gasteiger charge is 2.28. The third-order valence-corrected chi connectivity index (χ3v) is 4.75. The zero-order valence-electron chi connectivity index (χ0n) is 11.6. The van der Waals surface area contributed by atoms with Crippen LogP contribution in [-0.2, 0) is 15.1 Å². The van der Waals surface area contributed by atoms with Crippen LogP contribution in [0.3, 0.4) is 0 Å². The third kappa shape index (κ3) is 5.54. The van der Waals surface area contributed by atoms with Gasteiger partial charge in [0.05, 0.1) is 13.2 Å². The number of hydrogen-bond donors (Lipinski definition) is 0. The molecule has 0 bridgehead atoms. The van der Waals surface area contributed by atoms with Gasteiger partial charge in [-0.15, -0.1) is 0 Å². The first kappa shape index (κ1) is 17.2. The summed E-state index contributed by atoms with van der Waals surface area (Å²) >= 11 is 7.13. The quantitative estimate of drug-likeness (QED) is 0.439. The molecule has 0 aliphatic rings. The highest BCUT2D eigenvalue weighted by molar-refractivity contribution is 9.10. The number of ether oxygens (including phenoxy) is 2. The van der Waals surface area contributed by atoms with Crippen LogP contribution in [0, 0.1) is 0 Å². The molecule has 0 heterocycles. The largest absolute Gasteiger partial charge is 0.379 e. The van der Waals surface area contributed by atoms with Gasteiger partial charge >= 0.3 is 0 Å². The van der Waals surface area contributed by atoms with Crippen LogP contribution >= 0.6 is 31.9 Å². The summed E-state index contributed by atoms with van der Waals surface area (Å²) < 4.78 is 12.6. The van der Waals surface area contributed by atoms with Gasteiger partial charge in [-0.1, -0.05) is 63.4 Å². The number of hydrogen-bond acceptors (Lipinski definition) is 2. The monoisotopic (exact) mass is 392 g/mol. The maximum atomic E-state index is 6.02. The number of unbranched alkanes of at least 4 members (excludes halogenated alkanes) is 1. The Morgan fingerprint density at radius 1 is 1.16 bits per heavy atom. The summed E-state index contributed by atoms with van der Waals surface area (Å²) in [5, 5.41) is 0.748. The lowest BCUT2D eigenvalue weighted by molar-refractivity contribution is -0.0464. The average Bonchev–Trinajstić information content (AvgIpc) is 2.43. The van der Waals surface area contributed by atoms with Crippen LogP contribution in [-0.4, -0.2) is 25.2 Å². The van der Waals surface area contributed by atoms with Crippen LogP contribution in [0.15, 0.2) is 28.7 Å². The number of halogens is 2. The molecule has 4 heteroatoms. The maximum absolute atomic E-state index is 6.02. The van der Waals surface area contributed by atoms with E-state index in [2.05, 4.69) is 51.8 Å². The Morgan fingerprint density at radius 2 is 1.89 bits per heavy atom. The summed E-state index contributed by atoms with van der Waals surface area (Å²) in [6.45, 7) is 6.32. The molecule has 0 saturated carbocycles. The van der Waals surface area contributed by atoms with Gasteiger partial charge in [0, 0.05) is 16.4 Å². The van der Waals surface area contributed by atoms with E-state index < -0.39 is 0 Å². The van der Waals surface area contributed by atoms with Gasteiger partial charge in [0.2, 0.25) is 0 Å². The fourth-order valence-electron chi connectivity index (χ4n) is 1.75. The minimum atomic E-state index is -0.339. The molecule has 1 atom stereocenters. The molecular formula is C15H22Br2O2. The number of alkyl halides is 1. The van der Waals surface area contributed by atoms with Crippen molar-refractivity contribution in [2.45, 2.75) is 32.3 Å². The Labute approximate surface area is 133 Å². The highest BCUT2D eigenvalue weighted by Crippen LogP contribution is 2.32. The van der Waals surface area contributed by atoms with Gasteiger partial charge in [-0.2, -0.15) is 0 Å². The van der Waals surface area contributed by atoms with Crippen LogP contribution in [0.4, 0.5) is 0 Å². The summed E-state index contributed by atoms with van der Waals surface area (Å²) in [5.74, 6) is 0. The highest BCUT2D eigenvalue weighted by atomic mass is 79.9. The topological polar surface area (TPSA) is 18.5 Å². The van der Waals surface area contributed by atoms with E-state index in [9.17, 15) is 0 Å². The first-order chi connectivity index (χ1) is 9.14. The lowest BCUT2D eigenvalue weighted by atomic mass is 9.98. The normalized spacial score (nSPS) is 14.3. The van der Waals surface area contributed by atoms with Gasteiger partial charge in [0.1, 0.15) is 5.60 Å². The lowest BCUT2D eigenvalue weighted by Gasteiger charge is -2.29. The Morgan fingerprint density at radius 3 is 2.53 bits per heavy atom. The predicted octanol–water partition coefficient (Wildman–Crippen LogP) is 4.89. The molecular weight excluding hydrogens is 372 g/mol. The van der Waals surface area contributed by atoms with Crippen LogP contribution in [0.1, 0.15) is 32.3 Å². The zero-order valence-corrected chi connectivity index (χ0v) is 14.8. The second-order valence-corrected chi connectivity index (χ2v) is 6.07. The standard InChI is InChI=1S/C15H22Br2O2/c1-3-4-9-18-10-11-19-15(2,12-16)13-7-5-6-8-14(13)17/h5-8H,3-4,9-12H2,1-2H3. The summed E-state index contributed by atoms with van der Waals surface area (Å²) in [7, 11) is 0. The predicted molar refractivity (Wildman–Crippen MR) is 87.0 cm³/mol. The van der Waals surface area contributed by atoms with Crippen molar-refractivity contribution < 1.29 is 9.47 Å². The van der Waals surface area contributed by atoms with Crippen molar-refractivity contribution in [3.05, 3.63) is 34.3 Å². The van der Waals surface area contributed by atoms with E-state index in [1.807, 2.05) is 18.2 Å². The summed E-state index contributed by atoms with van der Waals surface area (Å²) in [5.41, 5.74) is 0.814. The van der Waals surface area contributed by atoms with Crippen molar-refractivity contribution in [3.63, 3.8) is 0 Å². The lowest BCUT2D eigenvalue weighted by Crippen LogP contribution is -2.30. The Balaban J connectivity index is 2.49. The molecule has 0 aliphatic heterocycles. The van der Waals surface area contributed by atoms with Crippen LogP contribution in [0.25, 0.3) is 0 Å². The number of rotatable bonds is 9. The molecule has 0 aliphatic carbocycles. The molecule has 0 N–H and O–H groups in total. The van der Waals surface area contributed by atoms with Crippen molar-refractivity contribution in [2.75, 3.05) is 25.2 Å². The first-order valence-corrected chi connectivity index (χ1v) is 8.58. The van der Waals surface area contributed by atoms with Crippen molar-refractivity contribution in [3.8, 4) is 0 Å². The molecule has 0 radical (unpaired) electrons. The Kier molecular flexibility index (Phi) is 8.23. The molecule has 0 fully saturated rings. The van der Waals surface area contributed by atoms with E-state index in [0.29, 0.717) is 13.2 Å². The average molecular weight is 394 g/mol. The van der Waals surface area contributed by atoms with Crippen molar-refractivity contribution in [1.29, 1.82) is 0 Å². The molecule has 2 nitrogen and oxygen atoms in total. The zero-order chi connectivity index (χ0) is 14.1. The summed E-state index contributed by atoms with van der Waals surface area (Å²) in [6.07, 6.45) is 2.27. The van der Waals surface area contributed by atoms with E-state index in [-0.39, 0.29) is 5.60 Å². The SMILES string of the molecule is CCCCOCCOC(C)(CBr)c1ccccc1Br. The molecule has 1 aromatic rings. The van der Waals surface area contributed by atoms with Gasteiger partial charge in [0.15, 0.2) is 0 Å². The minimum absolute atomic E-state index is 0.339. The first-order valence-electron chi connectivity index (χ1n) is 6.66. The van der Waals surface area contributed by atoms with E-state index in [4.69, 9.17) is 9.47 Å². The molecule has 108 valence electrons. The molecule has 1 aromatic carbocycles. The molecule has 0 aromatic heterocycles. The molecule has 0 spiro atoms. The van der Waals surface area contributed by atoms with Crippen molar-refractivity contribution in [2.24, 2.45) is 0 Å². The van der Waals surface area contributed by atoms with E-state index >= 15 is 0 Å². The van der Waals surface area contributed by atoms with Crippen molar-refractivity contribution >= 4 is 31.9 Å². The second kappa shape index (κ2) is 9.11. The molecule has 0 saturated heterocycles. The smallest absolute Gasteiger partial charge is 0.101 e. The van der Waals surface area contributed by atoms with Crippen LogP contribution in [0.2, 0.25) is 0 Å². The van der Waals surface area contributed by atoms with E-state index in [0.717, 1.165) is 34.8 Å². The molecule has 1 unspecified atom stereocenters. The fraction of sp³-hybridized carbons (Fsp3) is 0.600. The molecule has 19 heavy (non-hydrogen) atoms. The van der Waals surface area contributed by atoms with E-state index in [1.54, 1.807) is 0 Å². The van der Waals surface area contributed by atoms with Gasteiger partial charge in [0.25, 0.3) is 0 Å². The summed E-state index contributed by atoms with van der Waals surface area (Å²) in [6, 6.07) is 8.17. The van der Waals surface area contributed by atoms with Gasteiger partial charge in [-0.05, 0) is 25.0 Å². The molecule has 1 rings (SSSR count). The van der Waals surface area contributed by atoms with Crippen LogP contribution < -0.4 is 0 Å². The fourth-order valence-corrected chi connectivity index (χ4v) is 2.92. The second-order valence-electron chi connectivity index (χ2n) is 4.66.